The number of carboxylic acid groups (broad SMARTS) is 1. The first-order valence-electron chi connectivity index (χ1n) is 8.81. The number of aryl methyl sites for hydroxylation is 1. The third-order valence-electron chi connectivity index (χ3n) is 5.15. The molecule has 28 heavy (non-hydrogen) atoms. The zero-order valence-electron chi connectivity index (χ0n) is 15.7. The fourth-order valence-corrected chi connectivity index (χ4v) is 4.83. The molecule has 7 nitrogen and oxygen atoms in total. The van der Waals surface area contributed by atoms with Crippen LogP contribution in [0.2, 0.25) is 0 Å². The topological polar surface area (TPSA) is 102 Å². The highest BCUT2D eigenvalue weighted by molar-refractivity contribution is 7.89. The predicted octanol–water partition coefficient (Wildman–Crippen LogP) is 2.91. The van der Waals surface area contributed by atoms with Gasteiger partial charge in [-0.1, -0.05) is 24.3 Å². The molecule has 1 N–H and O–H groups in total. The van der Waals surface area contributed by atoms with Crippen molar-refractivity contribution in [3.63, 3.8) is 0 Å². The van der Waals surface area contributed by atoms with Crippen molar-refractivity contribution in [1.82, 2.24) is 9.21 Å². The first kappa shape index (κ1) is 19.9. The van der Waals surface area contributed by atoms with E-state index in [-0.39, 0.29) is 17.5 Å². The molecule has 2 aromatic rings. The molecule has 0 unspecified atom stereocenters. The summed E-state index contributed by atoms with van der Waals surface area (Å²) < 4.78 is 27.1. The Hall–Kier alpha value is -2.89. The van der Waals surface area contributed by atoms with E-state index in [4.69, 9.17) is 10.4 Å². The number of likely N-dealkylation sites (N-methyl/N-ethyl adjacent to an activating group) is 1. The van der Waals surface area contributed by atoms with Gasteiger partial charge in [-0.25, -0.2) is 13.2 Å². The van der Waals surface area contributed by atoms with Crippen molar-refractivity contribution >= 4 is 16.1 Å². The summed E-state index contributed by atoms with van der Waals surface area (Å²) >= 11 is 0. The zero-order chi connectivity index (χ0) is 20.5. The highest BCUT2D eigenvalue weighted by Gasteiger charge is 2.35. The van der Waals surface area contributed by atoms with Crippen molar-refractivity contribution in [2.24, 2.45) is 0 Å². The van der Waals surface area contributed by atoms with E-state index in [1.165, 1.54) is 11.4 Å². The molecule has 1 atom stereocenters. The van der Waals surface area contributed by atoms with Gasteiger partial charge in [0.2, 0.25) is 10.0 Å². The molecule has 0 spiro atoms. The third-order valence-corrected chi connectivity index (χ3v) is 7.03. The van der Waals surface area contributed by atoms with Crippen LogP contribution in [0.3, 0.4) is 0 Å². The van der Waals surface area contributed by atoms with E-state index in [9.17, 15) is 13.2 Å². The standard InChI is InChI=1S/C20H21N3O4S/c1-14-11-16(3-4-17(14)12-21)15-5-7-19(8-6-15)28(26,27)23-10-9-18(13-23)22(2)20(24)25/h3-8,11,18H,9-10,13H2,1-2H3,(H,24,25)/t18-/m1/s1. The van der Waals surface area contributed by atoms with Gasteiger partial charge < -0.3 is 10.0 Å². The Balaban J connectivity index is 1.80. The second-order valence-corrected chi connectivity index (χ2v) is 8.80. The van der Waals surface area contributed by atoms with Gasteiger partial charge in [-0.05, 0) is 48.2 Å². The zero-order valence-corrected chi connectivity index (χ0v) is 16.5. The summed E-state index contributed by atoms with van der Waals surface area (Å²) in [4.78, 5) is 12.4. The number of nitrogens with zero attached hydrogens (tertiary/aromatic N) is 3. The van der Waals surface area contributed by atoms with E-state index in [1.807, 2.05) is 19.1 Å². The van der Waals surface area contributed by atoms with E-state index in [1.54, 1.807) is 30.3 Å². The molecule has 0 bridgehead atoms. The number of carbonyl (C=O) groups is 1. The summed E-state index contributed by atoms with van der Waals surface area (Å²) in [7, 11) is -2.22. The Labute approximate surface area is 164 Å². The molecule has 1 fully saturated rings. The number of sulfonamides is 1. The van der Waals surface area contributed by atoms with E-state index in [0.717, 1.165) is 21.6 Å². The lowest BCUT2D eigenvalue weighted by Gasteiger charge is -2.22. The second kappa shape index (κ2) is 7.62. The largest absolute Gasteiger partial charge is 0.465 e. The normalized spacial score (nSPS) is 17.2. The van der Waals surface area contributed by atoms with Crippen LogP contribution in [0.5, 0.6) is 0 Å². The van der Waals surface area contributed by atoms with Gasteiger partial charge in [-0.3, -0.25) is 0 Å². The number of amides is 1. The van der Waals surface area contributed by atoms with Crippen LogP contribution in [0, 0.1) is 18.3 Å². The molecule has 0 aliphatic carbocycles. The molecule has 0 radical (unpaired) electrons. The molecule has 1 saturated heterocycles. The number of nitriles is 1. The molecule has 0 aromatic heterocycles. The Kier molecular flexibility index (Phi) is 5.40. The van der Waals surface area contributed by atoms with Gasteiger partial charge in [0, 0.05) is 26.2 Å². The molecule has 3 rings (SSSR count). The van der Waals surface area contributed by atoms with Crippen LogP contribution in [0.1, 0.15) is 17.5 Å². The maximum Gasteiger partial charge on any atom is 0.407 e. The van der Waals surface area contributed by atoms with E-state index < -0.39 is 16.1 Å². The van der Waals surface area contributed by atoms with E-state index in [2.05, 4.69) is 6.07 Å². The van der Waals surface area contributed by atoms with Gasteiger partial charge >= 0.3 is 6.09 Å². The molecule has 1 amide bonds. The first-order chi connectivity index (χ1) is 13.2. The third kappa shape index (κ3) is 3.72. The van der Waals surface area contributed by atoms with Gasteiger partial charge in [0.15, 0.2) is 0 Å². The van der Waals surface area contributed by atoms with Crippen LogP contribution < -0.4 is 0 Å². The smallest absolute Gasteiger partial charge is 0.407 e. The second-order valence-electron chi connectivity index (χ2n) is 6.86. The van der Waals surface area contributed by atoms with Crippen molar-refractivity contribution in [1.29, 1.82) is 5.26 Å². The molecule has 1 aliphatic rings. The summed E-state index contributed by atoms with van der Waals surface area (Å²) in [6.07, 6.45) is -0.587. The van der Waals surface area contributed by atoms with Crippen LogP contribution in [0.4, 0.5) is 4.79 Å². The highest BCUT2D eigenvalue weighted by Crippen LogP contribution is 2.27. The predicted molar refractivity (Wildman–Crippen MR) is 104 cm³/mol. The number of rotatable bonds is 4. The minimum atomic E-state index is -3.68. The van der Waals surface area contributed by atoms with Gasteiger partial charge in [-0.2, -0.15) is 9.57 Å². The molecule has 1 heterocycles. The molecule has 1 aliphatic heterocycles. The van der Waals surface area contributed by atoms with Crippen molar-refractivity contribution in [2.75, 3.05) is 20.1 Å². The molecule has 0 saturated carbocycles. The Bertz CT molecular complexity index is 1040. The number of hydrogen-bond donors (Lipinski definition) is 1. The van der Waals surface area contributed by atoms with Gasteiger partial charge in [0.05, 0.1) is 16.5 Å². The Morgan fingerprint density at radius 2 is 1.86 bits per heavy atom. The number of benzene rings is 2. The lowest BCUT2D eigenvalue weighted by Crippen LogP contribution is -2.39. The minimum Gasteiger partial charge on any atom is -0.465 e. The lowest BCUT2D eigenvalue weighted by atomic mass is 10.0. The summed E-state index contributed by atoms with van der Waals surface area (Å²) in [6.45, 7) is 2.31. The maximum atomic E-state index is 12.9. The first-order valence-corrected chi connectivity index (χ1v) is 10.2. The Morgan fingerprint density at radius 1 is 1.21 bits per heavy atom. The molecular weight excluding hydrogens is 378 g/mol. The lowest BCUT2D eigenvalue weighted by molar-refractivity contribution is 0.140. The maximum absolute atomic E-state index is 12.9. The average molecular weight is 399 g/mol. The van der Waals surface area contributed by atoms with Crippen LogP contribution >= 0.6 is 0 Å². The Morgan fingerprint density at radius 3 is 2.43 bits per heavy atom. The summed E-state index contributed by atoms with van der Waals surface area (Å²) in [5, 5.41) is 18.1. The van der Waals surface area contributed by atoms with Gasteiger partial charge in [0.1, 0.15) is 0 Å². The summed E-state index contributed by atoms with van der Waals surface area (Å²) in [5.41, 5.74) is 3.24. The minimum absolute atomic E-state index is 0.154. The molecule has 146 valence electrons. The van der Waals surface area contributed by atoms with Crippen LogP contribution in [-0.2, 0) is 10.0 Å². The summed E-state index contributed by atoms with van der Waals surface area (Å²) in [5.74, 6) is 0. The van der Waals surface area contributed by atoms with Crippen molar-refractivity contribution in [3.8, 4) is 17.2 Å². The van der Waals surface area contributed by atoms with E-state index >= 15 is 0 Å². The van der Waals surface area contributed by atoms with Gasteiger partial charge in [-0.15, -0.1) is 0 Å². The van der Waals surface area contributed by atoms with Crippen molar-refractivity contribution in [3.05, 3.63) is 53.6 Å². The SMILES string of the molecule is Cc1cc(-c2ccc(S(=O)(=O)N3CC[C@@H](N(C)C(=O)O)C3)cc2)ccc1C#N. The summed E-state index contributed by atoms with van der Waals surface area (Å²) in [6, 6.07) is 13.9. The molecule has 8 heteroatoms. The van der Waals surface area contributed by atoms with Crippen LogP contribution in [0.15, 0.2) is 47.4 Å². The van der Waals surface area contributed by atoms with Gasteiger partial charge in [0.25, 0.3) is 0 Å². The monoisotopic (exact) mass is 399 g/mol. The fraction of sp³-hybridized carbons (Fsp3) is 0.300. The molecule has 2 aromatic carbocycles. The number of hydrogen-bond acceptors (Lipinski definition) is 4. The van der Waals surface area contributed by atoms with E-state index in [0.29, 0.717) is 18.5 Å². The van der Waals surface area contributed by atoms with Crippen molar-refractivity contribution < 1.29 is 18.3 Å². The van der Waals surface area contributed by atoms with Crippen LogP contribution in [0.25, 0.3) is 11.1 Å². The molecular formula is C20H21N3O4S. The van der Waals surface area contributed by atoms with Crippen LogP contribution in [-0.4, -0.2) is 55.0 Å². The average Bonchev–Trinajstić information content (AvgIpc) is 3.18. The van der Waals surface area contributed by atoms with Crippen molar-refractivity contribution in [2.45, 2.75) is 24.3 Å². The fourth-order valence-electron chi connectivity index (χ4n) is 3.34. The quantitative estimate of drug-likeness (QED) is 0.852. The highest BCUT2D eigenvalue weighted by atomic mass is 32.2.